The zero-order valence-electron chi connectivity index (χ0n) is 12.5. The minimum Gasteiger partial charge on any atom is -0.496 e. The SMILES string of the molecule is COc1cc(OC)c(Br)c(O[C@@H](CCCl)c2ccccc2)c1. The second kappa shape index (κ2) is 8.30. The summed E-state index contributed by atoms with van der Waals surface area (Å²) in [5.41, 5.74) is 1.08. The molecule has 0 aromatic heterocycles. The van der Waals surface area contributed by atoms with Gasteiger partial charge in [0, 0.05) is 24.4 Å². The summed E-state index contributed by atoms with van der Waals surface area (Å²) in [7, 11) is 3.22. The topological polar surface area (TPSA) is 27.7 Å². The van der Waals surface area contributed by atoms with Gasteiger partial charge in [0.2, 0.25) is 0 Å². The van der Waals surface area contributed by atoms with Crippen LogP contribution in [-0.2, 0) is 0 Å². The Morgan fingerprint density at radius 3 is 2.32 bits per heavy atom. The second-order valence-corrected chi connectivity index (χ2v) is 5.81. The summed E-state index contributed by atoms with van der Waals surface area (Å²) in [6, 6.07) is 13.6. The first-order chi connectivity index (χ1) is 10.7. The van der Waals surface area contributed by atoms with Crippen LogP contribution in [-0.4, -0.2) is 20.1 Å². The third-order valence-electron chi connectivity index (χ3n) is 3.25. The zero-order valence-corrected chi connectivity index (χ0v) is 14.9. The molecule has 0 radical (unpaired) electrons. The monoisotopic (exact) mass is 384 g/mol. The van der Waals surface area contributed by atoms with Crippen LogP contribution in [0, 0.1) is 0 Å². The molecule has 0 aliphatic carbocycles. The maximum atomic E-state index is 6.17. The lowest BCUT2D eigenvalue weighted by Crippen LogP contribution is -2.09. The van der Waals surface area contributed by atoms with Crippen molar-refractivity contribution in [2.24, 2.45) is 0 Å². The first kappa shape index (κ1) is 17.0. The minimum atomic E-state index is -0.133. The minimum absolute atomic E-state index is 0.133. The van der Waals surface area contributed by atoms with Crippen LogP contribution in [0.1, 0.15) is 18.1 Å². The van der Waals surface area contributed by atoms with E-state index in [2.05, 4.69) is 15.9 Å². The van der Waals surface area contributed by atoms with Gasteiger partial charge in [-0.25, -0.2) is 0 Å². The van der Waals surface area contributed by atoms with Crippen LogP contribution in [0.2, 0.25) is 0 Å². The number of hydrogen-bond donors (Lipinski definition) is 0. The Hall–Kier alpha value is -1.39. The van der Waals surface area contributed by atoms with Crippen molar-refractivity contribution in [3.8, 4) is 17.2 Å². The van der Waals surface area contributed by atoms with Crippen molar-refractivity contribution >= 4 is 27.5 Å². The van der Waals surface area contributed by atoms with Crippen molar-refractivity contribution in [3.63, 3.8) is 0 Å². The van der Waals surface area contributed by atoms with Gasteiger partial charge in [0.15, 0.2) is 0 Å². The largest absolute Gasteiger partial charge is 0.496 e. The molecule has 0 amide bonds. The molecule has 0 saturated heterocycles. The van der Waals surface area contributed by atoms with Crippen molar-refractivity contribution in [3.05, 3.63) is 52.5 Å². The fourth-order valence-corrected chi connectivity index (χ4v) is 2.80. The fraction of sp³-hybridized carbons (Fsp3) is 0.294. The van der Waals surface area contributed by atoms with Gasteiger partial charge in [-0.15, -0.1) is 11.6 Å². The third kappa shape index (κ3) is 4.08. The quantitative estimate of drug-likeness (QED) is 0.612. The molecular weight excluding hydrogens is 368 g/mol. The molecule has 0 fully saturated rings. The van der Waals surface area contributed by atoms with E-state index in [0.29, 0.717) is 29.5 Å². The molecule has 0 N–H and O–H groups in total. The zero-order chi connectivity index (χ0) is 15.9. The van der Waals surface area contributed by atoms with Crippen molar-refractivity contribution in [1.29, 1.82) is 0 Å². The Labute approximate surface area is 144 Å². The van der Waals surface area contributed by atoms with Crippen molar-refractivity contribution in [2.45, 2.75) is 12.5 Å². The molecule has 2 rings (SSSR count). The average Bonchev–Trinajstić information content (AvgIpc) is 2.57. The summed E-state index contributed by atoms with van der Waals surface area (Å²) < 4.78 is 17.6. The van der Waals surface area contributed by atoms with Gasteiger partial charge >= 0.3 is 0 Å². The van der Waals surface area contributed by atoms with Crippen LogP contribution in [0.5, 0.6) is 17.2 Å². The second-order valence-electron chi connectivity index (χ2n) is 4.64. The molecule has 2 aromatic rings. The normalized spacial score (nSPS) is 11.8. The highest BCUT2D eigenvalue weighted by atomic mass is 79.9. The molecule has 5 heteroatoms. The molecule has 118 valence electrons. The lowest BCUT2D eigenvalue weighted by atomic mass is 10.1. The smallest absolute Gasteiger partial charge is 0.141 e. The van der Waals surface area contributed by atoms with E-state index in [1.54, 1.807) is 20.3 Å². The van der Waals surface area contributed by atoms with Gasteiger partial charge in [-0.05, 0) is 21.5 Å². The first-order valence-electron chi connectivity index (χ1n) is 6.88. The highest BCUT2D eigenvalue weighted by Gasteiger charge is 2.17. The number of hydrogen-bond acceptors (Lipinski definition) is 3. The van der Waals surface area contributed by atoms with Crippen molar-refractivity contribution in [1.82, 2.24) is 0 Å². The molecule has 2 aromatic carbocycles. The molecule has 3 nitrogen and oxygen atoms in total. The summed E-state index contributed by atoms with van der Waals surface area (Å²) in [4.78, 5) is 0. The summed E-state index contributed by atoms with van der Waals surface area (Å²) in [6.45, 7) is 0. The predicted octanol–water partition coefficient (Wildman–Crippen LogP) is 5.22. The number of rotatable bonds is 7. The molecule has 0 spiro atoms. The fourth-order valence-electron chi connectivity index (χ4n) is 2.11. The van der Waals surface area contributed by atoms with E-state index >= 15 is 0 Å². The summed E-state index contributed by atoms with van der Waals surface area (Å²) in [5, 5.41) is 0. The Morgan fingerprint density at radius 1 is 1.05 bits per heavy atom. The van der Waals surface area contributed by atoms with Crippen LogP contribution in [0.3, 0.4) is 0 Å². The summed E-state index contributed by atoms with van der Waals surface area (Å²) >= 11 is 9.45. The van der Waals surface area contributed by atoms with E-state index in [-0.39, 0.29) is 6.10 Å². The maximum absolute atomic E-state index is 6.17. The Balaban J connectivity index is 2.34. The van der Waals surface area contributed by atoms with E-state index in [1.807, 2.05) is 36.4 Å². The maximum Gasteiger partial charge on any atom is 0.141 e. The first-order valence-corrected chi connectivity index (χ1v) is 8.21. The molecule has 0 aliphatic rings. The molecule has 22 heavy (non-hydrogen) atoms. The van der Waals surface area contributed by atoms with Crippen molar-refractivity contribution < 1.29 is 14.2 Å². The molecule has 0 bridgehead atoms. The van der Waals surface area contributed by atoms with Crippen LogP contribution < -0.4 is 14.2 Å². The lowest BCUT2D eigenvalue weighted by molar-refractivity contribution is 0.199. The molecular formula is C17H18BrClO3. The van der Waals surface area contributed by atoms with Gasteiger partial charge in [0.1, 0.15) is 27.8 Å². The van der Waals surface area contributed by atoms with E-state index in [4.69, 9.17) is 25.8 Å². The number of halogens is 2. The van der Waals surface area contributed by atoms with E-state index in [1.165, 1.54) is 0 Å². The van der Waals surface area contributed by atoms with Gasteiger partial charge < -0.3 is 14.2 Å². The van der Waals surface area contributed by atoms with Gasteiger partial charge in [-0.3, -0.25) is 0 Å². The van der Waals surface area contributed by atoms with Gasteiger partial charge in [-0.1, -0.05) is 30.3 Å². The molecule has 0 aliphatic heterocycles. The molecule has 0 heterocycles. The molecule has 1 atom stereocenters. The van der Waals surface area contributed by atoms with E-state index in [0.717, 1.165) is 10.0 Å². The highest BCUT2D eigenvalue weighted by Crippen LogP contribution is 2.40. The predicted molar refractivity (Wildman–Crippen MR) is 92.4 cm³/mol. The Bertz CT molecular complexity index is 604. The van der Waals surface area contributed by atoms with E-state index in [9.17, 15) is 0 Å². The summed E-state index contributed by atoms with van der Waals surface area (Å²) in [5.74, 6) is 2.51. The standard InChI is InChI=1S/C17H18BrClO3/c1-20-13-10-15(21-2)17(18)16(11-13)22-14(8-9-19)12-6-4-3-5-7-12/h3-7,10-11,14H,8-9H2,1-2H3/t14-/m0/s1. The molecule has 0 unspecified atom stereocenters. The average molecular weight is 386 g/mol. The van der Waals surface area contributed by atoms with Gasteiger partial charge in [0.25, 0.3) is 0 Å². The van der Waals surface area contributed by atoms with Gasteiger partial charge in [0.05, 0.1) is 14.2 Å². The Morgan fingerprint density at radius 2 is 1.73 bits per heavy atom. The van der Waals surface area contributed by atoms with Gasteiger partial charge in [-0.2, -0.15) is 0 Å². The van der Waals surface area contributed by atoms with Crippen LogP contribution >= 0.6 is 27.5 Å². The van der Waals surface area contributed by atoms with Crippen LogP contribution in [0.4, 0.5) is 0 Å². The number of benzene rings is 2. The van der Waals surface area contributed by atoms with Crippen molar-refractivity contribution in [2.75, 3.05) is 20.1 Å². The van der Waals surface area contributed by atoms with E-state index < -0.39 is 0 Å². The van der Waals surface area contributed by atoms with Crippen LogP contribution in [0.25, 0.3) is 0 Å². The Kier molecular flexibility index (Phi) is 6.40. The lowest BCUT2D eigenvalue weighted by Gasteiger charge is -2.21. The highest BCUT2D eigenvalue weighted by molar-refractivity contribution is 9.10. The van der Waals surface area contributed by atoms with Crippen LogP contribution in [0.15, 0.2) is 46.9 Å². The number of ether oxygens (including phenoxy) is 3. The molecule has 0 saturated carbocycles. The number of alkyl halides is 1. The third-order valence-corrected chi connectivity index (χ3v) is 4.25. The summed E-state index contributed by atoms with van der Waals surface area (Å²) in [6.07, 6.45) is 0.573. The number of methoxy groups -OCH3 is 2.